The van der Waals surface area contributed by atoms with Gasteiger partial charge in [0, 0.05) is 10.0 Å². The third-order valence-corrected chi connectivity index (χ3v) is 2.40. The number of hydrogen-bond donors (Lipinski definition) is 0. The van der Waals surface area contributed by atoms with Crippen LogP contribution >= 0.6 is 15.9 Å². The summed E-state index contributed by atoms with van der Waals surface area (Å²) in [7, 11) is 0. The first-order valence-electron chi connectivity index (χ1n) is 4.79. The summed E-state index contributed by atoms with van der Waals surface area (Å²) in [5.74, 6) is 0.809. The molecule has 0 unspecified atom stereocenters. The molecule has 0 aliphatic heterocycles. The lowest BCUT2D eigenvalue weighted by Crippen LogP contribution is -2.22. The molecular weight excluding hydrogens is 256 g/mol. The molecule has 0 saturated heterocycles. The van der Waals surface area contributed by atoms with E-state index in [4.69, 9.17) is 4.74 Å². The van der Waals surface area contributed by atoms with E-state index in [2.05, 4.69) is 15.9 Å². The van der Waals surface area contributed by atoms with Crippen LogP contribution in [-0.4, -0.2) is 11.4 Å². The lowest BCUT2D eigenvalue weighted by atomic mass is 10.1. The second-order valence-corrected chi connectivity index (χ2v) is 5.27. The van der Waals surface area contributed by atoms with E-state index in [1.54, 1.807) is 13.0 Å². The summed E-state index contributed by atoms with van der Waals surface area (Å²) < 4.78 is 6.45. The molecule has 0 heterocycles. The standard InChI is InChI=1S/C12H15BrO2/c1-8(14)10-6-5-9(7-11(10)13)15-12(2,3)4/h5-7H,1-4H3. The van der Waals surface area contributed by atoms with Crippen LogP contribution in [0.1, 0.15) is 38.1 Å². The number of ketones is 1. The average Bonchev–Trinajstić information content (AvgIpc) is 1.99. The van der Waals surface area contributed by atoms with Gasteiger partial charge in [-0.2, -0.15) is 0 Å². The molecule has 0 atom stereocenters. The van der Waals surface area contributed by atoms with E-state index >= 15 is 0 Å². The summed E-state index contributed by atoms with van der Waals surface area (Å²) in [6.45, 7) is 7.50. The molecule has 0 fully saturated rings. The molecule has 1 rings (SSSR count). The van der Waals surface area contributed by atoms with E-state index in [-0.39, 0.29) is 11.4 Å². The molecule has 0 aromatic heterocycles. The van der Waals surface area contributed by atoms with Gasteiger partial charge in [-0.3, -0.25) is 4.79 Å². The second-order valence-electron chi connectivity index (χ2n) is 4.41. The van der Waals surface area contributed by atoms with Crippen LogP contribution in [0.15, 0.2) is 22.7 Å². The van der Waals surface area contributed by atoms with Gasteiger partial charge in [-0.1, -0.05) is 0 Å². The quantitative estimate of drug-likeness (QED) is 0.764. The minimum absolute atomic E-state index is 0.0455. The number of carbonyl (C=O) groups is 1. The van der Waals surface area contributed by atoms with Crippen LogP contribution in [0.2, 0.25) is 0 Å². The molecule has 0 bridgehead atoms. The molecule has 0 N–H and O–H groups in total. The highest BCUT2D eigenvalue weighted by molar-refractivity contribution is 9.10. The van der Waals surface area contributed by atoms with Crippen LogP contribution < -0.4 is 4.74 Å². The number of Topliss-reactive ketones (excluding diaryl/α,β-unsaturated/α-hetero) is 1. The summed E-state index contributed by atoms with van der Waals surface area (Å²) in [6, 6.07) is 5.40. The SMILES string of the molecule is CC(=O)c1ccc(OC(C)(C)C)cc1Br. The van der Waals surface area contributed by atoms with E-state index < -0.39 is 0 Å². The van der Waals surface area contributed by atoms with Crippen molar-refractivity contribution in [1.29, 1.82) is 0 Å². The number of carbonyl (C=O) groups excluding carboxylic acids is 1. The van der Waals surface area contributed by atoms with Gasteiger partial charge in [0.15, 0.2) is 5.78 Å². The number of ether oxygens (including phenoxy) is 1. The Labute approximate surface area is 98.8 Å². The van der Waals surface area contributed by atoms with Crippen molar-refractivity contribution >= 4 is 21.7 Å². The molecule has 2 nitrogen and oxygen atoms in total. The van der Waals surface area contributed by atoms with Crippen LogP contribution in [0.5, 0.6) is 5.75 Å². The van der Waals surface area contributed by atoms with Gasteiger partial charge in [-0.25, -0.2) is 0 Å². The first kappa shape index (κ1) is 12.2. The van der Waals surface area contributed by atoms with Gasteiger partial charge in [0.05, 0.1) is 0 Å². The molecule has 1 aromatic carbocycles. The highest BCUT2D eigenvalue weighted by atomic mass is 79.9. The van der Waals surface area contributed by atoms with Crippen molar-refractivity contribution in [2.24, 2.45) is 0 Å². The van der Waals surface area contributed by atoms with Gasteiger partial charge in [0.2, 0.25) is 0 Å². The second kappa shape index (κ2) is 4.35. The Morgan fingerprint density at radius 1 is 1.33 bits per heavy atom. The van der Waals surface area contributed by atoms with Crippen molar-refractivity contribution < 1.29 is 9.53 Å². The van der Waals surface area contributed by atoms with Gasteiger partial charge < -0.3 is 4.74 Å². The predicted molar refractivity (Wildman–Crippen MR) is 64.5 cm³/mol. The number of benzene rings is 1. The van der Waals surface area contributed by atoms with E-state index in [1.807, 2.05) is 32.9 Å². The molecule has 0 radical (unpaired) electrons. The maximum absolute atomic E-state index is 11.2. The fourth-order valence-corrected chi connectivity index (χ4v) is 1.84. The van der Waals surface area contributed by atoms with Crippen molar-refractivity contribution in [3.63, 3.8) is 0 Å². The third kappa shape index (κ3) is 3.67. The molecule has 15 heavy (non-hydrogen) atoms. The van der Waals surface area contributed by atoms with Crippen molar-refractivity contribution in [2.75, 3.05) is 0 Å². The third-order valence-electron chi connectivity index (χ3n) is 1.74. The molecule has 1 aromatic rings. The smallest absolute Gasteiger partial charge is 0.160 e. The Balaban J connectivity index is 2.97. The van der Waals surface area contributed by atoms with Gasteiger partial charge in [0.25, 0.3) is 0 Å². The van der Waals surface area contributed by atoms with Gasteiger partial charge in [0.1, 0.15) is 11.4 Å². The molecule has 3 heteroatoms. The Morgan fingerprint density at radius 2 is 1.93 bits per heavy atom. The summed E-state index contributed by atoms with van der Waals surface area (Å²) >= 11 is 3.35. The summed E-state index contributed by atoms with van der Waals surface area (Å²) in [6.07, 6.45) is 0. The highest BCUT2D eigenvalue weighted by Crippen LogP contribution is 2.25. The van der Waals surface area contributed by atoms with E-state index in [0.717, 1.165) is 10.2 Å². The number of halogens is 1. The monoisotopic (exact) mass is 270 g/mol. The van der Waals surface area contributed by atoms with Crippen LogP contribution in [-0.2, 0) is 0 Å². The van der Waals surface area contributed by atoms with Crippen molar-refractivity contribution in [1.82, 2.24) is 0 Å². The molecule has 0 amide bonds. The maximum Gasteiger partial charge on any atom is 0.160 e. The fraction of sp³-hybridized carbons (Fsp3) is 0.417. The minimum Gasteiger partial charge on any atom is -0.488 e. The van der Waals surface area contributed by atoms with Gasteiger partial charge in [-0.15, -0.1) is 0 Å². The molecule has 0 saturated carbocycles. The zero-order valence-corrected chi connectivity index (χ0v) is 11.0. The van der Waals surface area contributed by atoms with Crippen molar-refractivity contribution in [2.45, 2.75) is 33.3 Å². The first-order valence-corrected chi connectivity index (χ1v) is 5.58. The lowest BCUT2D eigenvalue weighted by molar-refractivity contribution is 0.101. The normalized spacial score (nSPS) is 11.3. The van der Waals surface area contributed by atoms with Gasteiger partial charge in [-0.05, 0) is 61.8 Å². The van der Waals surface area contributed by atoms with Gasteiger partial charge >= 0.3 is 0 Å². The Bertz CT molecular complexity index is 378. The van der Waals surface area contributed by atoms with Crippen LogP contribution in [0.25, 0.3) is 0 Å². The lowest BCUT2D eigenvalue weighted by Gasteiger charge is -2.21. The Morgan fingerprint density at radius 3 is 2.33 bits per heavy atom. The zero-order chi connectivity index (χ0) is 11.6. The van der Waals surface area contributed by atoms with E-state index in [1.165, 1.54) is 0 Å². The Kier molecular flexibility index (Phi) is 3.55. The van der Waals surface area contributed by atoms with Crippen LogP contribution in [0.4, 0.5) is 0 Å². The van der Waals surface area contributed by atoms with Crippen LogP contribution in [0, 0.1) is 0 Å². The number of rotatable bonds is 2. The zero-order valence-electron chi connectivity index (χ0n) is 9.43. The summed E-state index contributed by atoms with van der Waals surface area (Å²) in [4.78, 5) is 11.2. The molecule has 0 spiro atoms. The maximum atomic E-state index is 11.2. The highest BCUT2D eigenvalue weighted by Gasteiger charge is 2.13. The summed E-state index contributed by atoms with van der Waals surface area (Å²) in [5, 5.41) is 0. The molecule has 82 valence electrons. The van der Waals surface area contributed by atoms with Crippen molar-refractivity contribution in [3.8, 4) is 5.75 Å². The minimum atomic E-state index is -0.225. The average molecular weight is 271 g/mol. The molecule has 0 aliphatic carbocycles. The first-order chi connectivity index (χ1) is 6.79. The Hall–Kier alpha value is -0.830. The van der Waals surface area contributed by atoms with Crippen molar-refractivity contribution in [3.05, 3.63) is 28.2 Å². The van der Waals surface area contributed by atoms with Crippen LogP contribution in [0.3, 0.4) is 0 Å². The topological polar surface area (TPSA) is 26.3 Å². The van der Waals surface area contributed by atoms with E-state index in [0.29, 0.717) is 5.56 Å². The molecule has 0 aliphatic rings. The number of hydrogen-bond acceptors (Lipinski definition) is 2. The summed E-state index contributed by atoms with van der Waals surface area (Å²) in [5.41, 5.74) is 0.452. The van der Waals surface area contributed by atoms with E-state index in [9.17, 15) is 4.79 Å². The fourth-order valence-electron chi connectivity index (χ4n) is 1.20. The largest absolute Gasteiger partial charge is 0.488 e. The molecular formula is C12H15BrO2. The predicted octanol–water partition coefficient (Wildman–Crippen LogP) is 3.83.